The molecule has 152 valence electrons. The van der Waals surface area contributed by atoms with Crippen molar-refractivity contribution < 1.29 is 9.53 Å². The van der Waals surface area contributed by atoms with Crippen LogP contribution in [0.15, 0.2) is 36.5 Å². The van der Waals surface area contributed by atoms with Crippen molar-refractivity contribution in [3.8, 4) is 5.75 Å². The van der Waals surface area contributed by atoms with E-state index in [-0.39, 0.29) is 11.8 Å². The maximum Gasteiger partial charge on any atom is 0.222 e. The van der Waals surface area contributed by atoms with Gasteiger partial charge in [-0.2, -0.15) is 5.10 Å². The summed E-state index contributed by atoms with van der Waals surface area (Å²) >= 11 is 0. The Labute approximate surface area is 171 Å². The third-order valence-corrected chi connectivity index (χ3v) is 5.89. The monoisotopic (exact) mass is 392 g/mol. The predicted octanol–water partition coefficient (Wildman–Crippen LogP) is 3.62. The second-order valence-electron chi connectivity index (χ2n) is 7.87. The number of rotatable bonds is 5. The molecule has 0 N–H and O–H groups in total. The number of carbonyl (C=O) groups excluding carboxylic acids is 1. The highest BCUT2D eigenvalue weighted by molar-refractivity contribution is 5.79. The molecule has 1 atom stereocenters. The van der Waals surface area contributed by atoms with Gasteiger partial charge in [-0.3, -0.25) is 9.48 Å². The Bertz CT molecular complexity index is 1030. The summed E-state index contributed by atoms with van der Waals surface area (Å²) in [6.07, 6.45) is 5.11. The van der Waals surface area contributed by atoms with Gasteiger partial charge in [-0.15, -0.1) is 0 Å². The first-order chi connectivity index (χ1) is 14.1. The lowest BCUT2D eigenvalue weighted by molar-refractivity contribution is -0.132. The SMILES string of the molecule is COc1cc(CCC(=O)N2CCCC(c3nn(C)c4ncccc34)C2)ccc1C. The molecule has 6 heteroatoms. The molecule has 0 radical (unpaired) electrons. The van der Waals surface area contributed by atoms with Crippen molar-refractivity contribution in [2.24, 2.45) is 7.05 Å². The number of nitrogens with zero attached hydrogens (tertiary/aromatic N) is 4. The van der Waals surface area contributed by atoms with Gasteiger partial charge in [0, 0.05) is 44.1 Å². The average molecular weight is 393 g/mol. The second kappa shape index (κ2) is 8.23. The molecule has 4 rings (SSSR count). The zero-order valence-electron chi connectivity index (χ0n) is 17.4. The van der Waals surface area contributed by atoms with E-state index in [9.17, 15) is 4.79 Å². The molecule has 1 aliphatic heterocycles. The minimum atomic E-state index is 0.215. The Morgan fingerprint density at radius 1 is 1.31 bits per heavy atom. The van der Waals surface area contributed by atoms with Gasteiger partial charge in [0.25, 0.3) is 0 Å². The first-order valence-corrected chi connectivity index (χ1v) is 10.3. The molecule has 1 unspecified atom stereocenters. The average Bonchev–Trinajstić information content (AvgIpc) is 3.10. The van der Waals surface area contributed by atoms with E-state index in [0.717, 1.165) is 66.0 Å². The first-order valence-electron chi connectivity index (χ1n) is 10.3. The summed E-state index contributed by atoms with van der Waals surface area (Å²) in [5.74, 6) is 1.36. The number of carbonyl (C=O) groups is 1. The van der Waals surface area contributed by atoms with Crippen LogP contribution in [0.3, 0.4) is 0 Å². The van der Waals surface area contributed by atoms with Gasteiger partial charge in [-0.05, 0) is 55.5 Å². The third kappa shape index (κ3) is 3.97. The molecular weight excluding hydrogens is 364 g/mol. The third-order valence-electron chi connectivity index (χ3n) is 5.89. The maximum atomic E-state index is 12.9. The smallest absolute Gasteiger partial charge is 0.222 e. The Morgan fingerprint density at radius 2 is 2.17 bits per heavy atom. The lowest BCUT2D eigenvalue weighted by atomic mass is 9.93. The molecule has 6 nitrogen and oxygen atoms in total. The number of methoxy groups -OCH3 is 1. The van der Waals surface area contributed by atoms with Crippen LogP contribution in [0.2, 0.25) is 0 Å². The number of hydrogen-bond acceptors (Lipinski definition) is 4. The van der Waals surface area contributed by atoms with Crippen molar-refractivity contribution in [3.05, 3.63) is 53.3 Å². The van der Waals surface area contributed by atoms with E-state index in [1.165, 1.54) is 0 Å². The number of pyridine rings is 1. The first kappa shape index (κ1) is 19.4. The van der Waals surface area contributed by atoms with Crippen molar-refractivity contribution >= 4 is 16.9 Å². The van der Waals surface area contributed by atoms with E-state index in [1.54, 1.807) is 13.3 Å². The molecular formula is C23H28N4O2. The van der Waals surface area contributed by atoms with Crippen LogP contribution >= 0.6 is 0 Å². The van der Waals surface area contributed by atoms with Gasteiger partial charge in [0.2, 0.25) is 5.91 Å². The lowest BCUT2D eigenvalue weighted by Gasteiger charge is -2.32. The summed E-state index contributed by atoms with van der Waals surface area (Å²) < 4.78 is 7.24. The van der Waals surface area contributed by atoms with E-state index >= 15 is 0 Å². The number of ether oxygens (including phenoxy) is 1. The van der Waals surface area contributed by atoms with E-state index in [1.807, 2.05) is 35.7 Å². The summed E-state index contributed by atoms with van der Waals surface area (Å²) in [6, 6.07) is 10.2. The van der Waals surface area contributed by atoms with Crippen LogP contribution in [0.5, 0.6) is 5.75 Å². The minimum absolute atomic E-state index is 0.215. The molecule has 0 spiro atoms. The molecule has 1 aliphatic rings. The van der Waals surface area contributed by atoms with E-state index in [4.69, 9.17) is 9.84 Å². The molecule has 2 aromatic heterocycles. The Balaban J connectivity index is 1.43. The van der Waals surface area contributed by atoms with E-state index < -0.39 is 0 Å². The highest BCUT2D eigenvalue weighted by Crippen LogP contribution is 2.31. The number of aryl methyl sites for hydroxylation is 3. The summed E-state index contributed by atoms with van der Waals surface area (Å²) in [7, 11) is 3.61. The summed E-state index contributed by atoms with van der Waals surface area (Å²) in [5.41, 5.74) is 4.21. The fourth-order valence-electron chi connectivity index (χ4n) is 4.28. The predicted molar refractivity (Wildman–Crippen MR) is 113 cm³/mol. The molecule has 1 fully saturated rings. The number of hydrogen-bond donors (Lipinski definition) is 0. The molecule has 0 aliphatic carbocycles. The fraction of sp³-hybridized carbons (Fsp3) is 0.435. The van der Waals surface area contributed by atoms with Crippen LogP contribution in [0, 0.1) is 6.92 Å². The van der Waals surface area contributed by atoms with Crippen LogP contribution < -0.4 is 4.74 Å². The number of fused-ring (bicyclic) bond motifs is 1. The molecule has 29 heavy (non-hydrogen) atoms. The molecule has 0 bridgehead atoms. The zero-order chi connectivity index (χ0) is 20.4. The fourth-order valence-corrected chi connectivity index (χ4v) is 4.28. The lowest BCUT2D eigenvalue weighted by Crippen LogP contribution is -2.39. The van der Waals surface area contributed by atoms with Crippen molar-refractivity contribution in [2.75, 3.05) is 20.2 Å². The molecule has 3 heterocycles. The van der Waals surface area contributed by atoms with Crippen LogP contribution in [0.1, 0.15) is 42.0 Å². The van der Waals surface area contributed by atoms with E-state index in [0.29, 0.717) is 6.42 Å². The quantitative estimate of drug-likeness (QED) is 0.665. The van der Waals surface area contributed by atoms with Gasteiger partial charge in [-0.1, -0.05) is 12.1 Å². The highest BCUT2D eigenvalue weighted by Gasteiger charge is 2.28. The highest BCUT2D eigenvalue weighted by atomic mass is 16.5. The van der Waals surface area contributed by atoms with Crippen molar-refractivity contribution in [1.82, 2.24) is 19.7 Å². The molecule has 1 saturated heterocycles. The number of likely N-dealkylation sites (tertiary alicyclic amines) is 1. The minimum Gasteiger partial charge on any atom is -0.496 e. The van der Waals surface area contributed by atoms with Gasteiger partial charge in [0.1, 0.15) is 5.75 Å². The number of benzene rings is 1. The number of amides is 1. The largest absolute Gasteiger partial charge is 0.496 e. The number of aromatic nitrogens is 3. The Hall–Kier alpha value is -2.89. The summed E-state index contributed by atoms with van der Waals surface area (Å²) in [4.78, 5) is 19.3. The van der Waals surface area contributed by atoms with Gasteiger partial charge >= 0.3 is 0 Å². The number of piperidine rings is 1. The standard InChI is InChI=1S/C23H28N4O2/c1-16-8-9-17(14-20(16)29-3)10-11-21(28)27-13-5-6-18(15-27)22-19-7-4-12-24-23(19)26(2)25-22/h4,7-9,12,14,18H,5-6,10-11,13,15H2,1-3H3. The summed E-state index contributed by atoms with van der Waals surface area (Å²) in [6.45, 7) is 3.59. The van der Waals surface area contributed by atoms with Crippen molar-refractivity contribution in [1.29, 1.82) is 0 Å². The van der Waals surface area contributed by atoms with Crippen molar-refractivity contribution in [2.45, 2.75) is 38.5 Å². The molecule has 3 aromatic rings. The Kier molecular flexibility index (Phi) is 5.51. The van der Waals surface area contributed by atoms with Crippen LogP contribution in [0.4, 0.5) is 0 Å². The van der Waals surface area contributed by atoms with Gasteiger partial charge in [0.15, 0.2) is 5.65 Å². The topological polar surface area (TPSA) is 60.2 Å². The molecule has 0 saturated carbocycles. The van der Waals surface area contributed by atoms with E-state index in [2.05, 4.69) is 23.2 Å². The van der Waals surface area contributed by atoms with Gasteiger partial charge in [-0.25, -0.2) is 4.98 Å². The molecule has 1 amide bonds. The van der Waals surface area contributed by atoms with Crippen LogP contribution in [-0.2, 0) is 18.3 Å². The normalized spacial score (nSPS) is 16.9. The van der Waals surface area contributed by atoms with Crippen LogP contribution in [-0.4, -0.2) is 45.8 Å². The van der Waals surface area contributed by atoms with Gasteiger partial charge < -0.3 is 9.64 Å². The Morgan fingerprint density at radius 3 is 3.00 bits per heavy atom. The van der Waals surface area contributed by atoms with Crippen molar-refractivity contribution in [3.63, 3.8) is 0 Å². The molecule has 1 aromatic carbocycles. The second-order valence-corrected chi connectivity index (χ2v) is 7.87. The summed E-state index contributed by atoms with van der Waals surface area (Å²) in [5, 5.41) is 5.83. The van der Waals surface area contributed by atoms with Crippen LogP contribution in [0.25, 0.3) is 11.0 Å². The van der Waals surface area contributed by atoms with Gasteiger partial charge in [0.05, 0.1) is 12.8 Å². The maximum absolute atomic E-state index is 12.9. The zero-order valence-corrected chi connectivity index (χ0v) is 17.4.